The molecule has 0 radical (unpaired) electrons. The van der Waals surface area contributed by atoms with Crippen molar-refractivity contribution < 1.29 is 9.53 Å². The topological polar surface area (TPSA) is 29.5 Å². The maximum Gasteiger partial charge on any atom is 0.254 e. The lowest BCUT2D eigenvalue weighted by molar-refractivity contribution is -0.0755. The van der Waals surface area contributed by atoms with E-state index < -0.39 is 0 Å². The minimum atomic E-state index is -0.276. The first kappa shape index (κ1) is 15.8. The first-order valence-electron chi connectivity index (χ1n) is 8.06. The zero-order valence-electron chi connectivity index (χ0n) is 14.0. The fourth-order valence-corrected chi connectivity index (χ4v) is 2.93. The summed E-state index contributed by atoms with van der Waals surface area (Å²) in [5, 5.41) is 0. The molecule has 23 heavy (non-hydrogen) atoms. The van der Waals surface area contributed by atoms with Gasteiger partial charge in [0.25, 0.3) is 5.91 Å². The van der Waals surface area contributed by atoms with Crippen LogP contribution in [0.1, 0.15) is 31.1 Å². The maximum atomic E-state index is 12.9. The minimum Gasteiger partial charge on any atom is -0.374 e. The standard InChI is InChI=1S/C20H23NO2/c1-15-13-21(20(2,3)14-23-15)19(22)18-11-9-17(10-12-18)16-7-5-4-6-8-16/h4-12,15H,13-14H2,1-3H3. The van der Waals surface area contributed by atoms with Crippen LogP contribution in [0.3, 0.4) is 0 Å². The van der Waals surface area contributed by atoms with Crippen LogP contribution in [-0.2, 0) is 4.74 Å². The highest BCUT2D eigenvalue weighted by molar-refractivity contribution is 5.95. The second-order valence-electron chi connectivity index (χ2n) is 6.79. The van der Waals surface area contributed by atoms with E-state index in [0.29, 0.717) is 13.2 Å². The number of hydrogen-bond donors (Lipinski definition) is 0. The first-order chi connectivity index (χ1) is 11.0. The molecule has 2 aromatic rings. The second kappa shape index (κ2) is 6.17. The minimum absolute atomic E-state index is 0.0739. The van der Waals surface area contributed by atoms with Crippen LogP contribution < -0.4 is 0 Å². The molecule has 0 aromatic heterocycles. The molecular formula is C20H23NO2. The van der Waals surface area contributed by atoms with Gasteiger partial charge in [-0.2, -0.15) is 0 Å². The summed E-state index contributed by atoms with van der Waals surface area (Å²) in [6.45, 7) is 7.31. The predicted molar refractivity (Wildman–Crippen MR) is 92.4 cm³/mol. The lowest BCUT2D eigenvalue weighted by Crippen LogP contribution is -2.57. The molecule has 1 aliphatic heterocycles. The molecule has 0 bridgehead atoms. The van der Waals surface area contributed by atoms with Gasteiger partial charge < -0.3 is 9.64 Å². The Kier molecular flexibility index (Phi) is 4.22. The summed E-state index contributed by atoms with van der Waals surface area (Å²) in [4.78, 5) is 14.8. The van der Waals surface area contributed by atoms with Gasteiger partial charge in [0.15, 0.2) is 0 Å². The number of nitrogens with zero attached hydrogens (tertiary/aromatic N) is 1. The summed E-state index contributed by atoms with van der Waals surface area (Å²) < 4.78 is 5.69. The van der Waals surface area contributed by atoms with Gasteiger partial charge >= 0.3 is 0 Å². The fraction of sp³-hybridized carbons (Fsp3) is 0.350. The average Bonchev–Trinajstić information content (AvgIpc) is 2.57. The molecule has 120 valence electrons. The summed E-state index contributed by atoms with van der Waals surface area (Å²) in [6, 6.07) is 18.1. The van der Waals surface area contributed by atoms with Crippen molar-refractivity contribution in [2.75, 3.05) is 13.2 Å². The molecule has 0 N–H and O–H groups in total. The SMILES string of the molecule is CC1CN(C(=O)c2ccc(-c3ccccc3)cc2)C(C)(C)CO1. The van der Waals surface area contributed by atoms with Crippen molar-refractivity contribution in [2.45, 2.75) is 32.4 Å². The number of carbonyl (C=O) groups is 1. The smallest absolute Gasteiger partial charge is 0.254 e. The number of amides is 1. The van der Waals surface area contributed by atoms with E-state index in [-0.39, 0.29) is 17.6 Å². The monoisotopic (exact) mass is 309 g/mol. The number of rotatable bonds is 2. The van der Waals surface area contributed by atoms with Crippen molar-refractivity contribution in [3.8, 4) is 11.1 Å². The van der Waals surface area contributed by atoms with Crippen molar-refractivity contribution in [3.63, 3.8) is 0 Å². The molecule has 1 saturated heterocycles. The Balaban J connectivity index is 1.83. The molecule has 3 rings (SSSR count). The third-order valence-electron chi connectivity index (χ3n) is 4.38. The van der Waals surface area contributed by atoms with Gasteiger partial charge in [-0.05, 0) is 44.0 Å². The summed E-state index contributed by atoms with van der Waals surface area (Å²) in [7, 11) is 0. The fourth-order valence-electron chi connectivity index (χ4n) is 2.93. The maximum absolute atomic E-state index is 12.9. The number of morpholine rings is 1. The van der Waals surface area contributed by atoms with E-state index in [1.807, 2.05) is 54.3 Å². The quantitative estimate of drug-likeness (QED) is 0.839. The van der Waals surface area contributed by atoms with Crippen LogP contribution in [0.15, 0.2) is 54.6 Å². The number of carbonyl (C=O) groups excluding carboxylic acids is 1. The van der Waals surface area contributed by atoms with Gasteiger partial charge in [0, 0.05) is 12.1 Å². The second-order valence-corrected chi connectivity index (χ2v) is 6.79. The van der Waals surface area contributed by atoms with Gasteiger partial charge in [-0.15, -0.1) is 0 Å². The van der Waals surface area contributed by atoms with Gasteiger partial charge in [0.2, 0.25) is 0 Å². The summed E-state index contributed by atoms with van der Waals surface area (Å²) in [5.41, 5.74) is 2.73. The van der Waals surface area contributed by atoms with Crippen LogP contribution in [0, 0.1) is 0 Å². The van der Waals surface area contributed by atoms with Gasteiger partial charge in [-0.1, -0.05) is 42.5 Å². The number of ether oxygens (including phenoxy) is 1. The number of benzene rings is 2. The highest BCUT2D eigenvalue weighted by Gasteiger charge is 2.37. The number of hydrogen-bond acceptors (Lipinski definition) is 2. The van der Waals surface area contributed by atoms with Gasteiger partial charge in [-0.3, -0.25) is 4.79 Å². The van der Waals surface area contributed by atoms with Crippen molar-refractivity contribution >= 4 is 5.91 Å². The van der Waals surface area contributed by atoms with Crippen LogP contribution in [0.2, 0.25) is 0 Å². The summed E-state index contributed by atoms with van der Waals surface area (Å²) >= 11 is 0. The van der Waals surface area contributed by atoms with Crippen LogP contribution >= 0.6 is 0 Å². The van der Waals surface area contributed by atoms with Gasteiger partial charge in [0.1, 0.15) is 0 Å². The highest BCUT2D eigenvalue weighted by atomic mass is 16.5. The van der Waals surface area contributed by atoms with Crippen LogP contribution in [0.25, 0.3) is 11.1 Å². The molecule has 1 heterocycles. The van der Waals surface area contributed by atoms with Gasteiger partial charge in [-0.25, -0.2) is 0 Å². The van der Waals surface area contributed by atoms with E-state index in [4.69, 9.17) is 4.74 Å². The molecule has 3 heteroatoms. The Morgan fingerprint density at radius 3 is 2.30 bits per heavy atom. The molecule has 0 aliphatic carbocycles. The summed E-state index contributed by atoms with van der Waals surface area (Å²) in [5.74, 6) is 0.0739. The Hall–Kier alpha value is -2.13. The molecular weight excluding hydrogens is 286 g/mol. The Morgan fingerprint density at radius 1 is 1.04 bits per heavy atom. The van der Waals surface area contributed by atoms with E-state index in [0.717, 1.165) is 16.7 Å². The van der Waals surface area contributed by atoms with Crippen molar-refractivity contribution in [1.29, 1.82) is 0 Å². The molecule has 1 unspecified atom stereocenters. The third kappa shape index (κ3) is 3.30. The van der Waals surface area contributed by atoms with Crippen molar-refractivity contribution in [2.24, 2.45) is 0 Å². The highest BCUT2D eigenvalue weighted by Crippen LogP contribution is 2.25. The van der Waals surface area contributed by atoms with E-state index in [2.05, 4.69) is 26.0 Å². The zero-order chi connectivity index (χ0) is 16.4. The van der Waals surface area contributed by atoms with Gasteiger partial charge in [0.05, 0.1) is 18.2 Å². The first-order valence-corrected chi connectivity index (χ1v) is 8.06. The largest absolute Gasteiger partial charge is 0.374 e. The van der Waals surface area contributed by atoms with E-state index in [1.54, 1.807) is 0 Å². The molecule has 1 aliphatic rings. The Morgan fingerprint density at radius 2 is 1.65 bits per heavy atom. The Labute approximate surface area is 137 Å². The van der Waals surface area contributed by atoms with Crippen LogP contribution in [0.5, 0.6) is 0 Å². The van der Waals surface area contributed by atoms with Crippen LogP contribution in [0.4, 0.5) is 0 Å². The zero-order valence-corrected chi connectivity index (χ0v) is 14.0. The lowest BCUT2D eigenvalue weighted by Gasteiger charge is -2.44. The molecule has 3 nitrogen and oxygen atoms in total. The van der Waals surface area contributed by atoms with Crippen LogP contribution in [-0.4, -0.2) is 35.6 Å². The third-order valence-corrected chi connectivity index (χ3v) is 4.38. The predicted octanol–water partition coefficient (Wildman–Crippen LogP) is 3.99. The molecule has 0 saturated carbocycles. The normalized spacial score (nSPS) is 20.3. The van der Waals surface area contributed by atoms with Crippen molar-refractivity contribution in [1.82, 2.24) is 4.90 Å². The molecule has 1 fully saturated rings. The molecule has 1 atom stereocenters. The summed E-state index contributed by atoms with van der Waals surface area (Å²) in [6.07, 6.45) is 0.0792. The van der Waals surface area contributed by atoms with Crippen molar-refractivity contribution in [3.05, 3.63) is 60.2 Å². The Bertz CT molecular complexity index is 677. The lowest BCUT2D eigenvalue weighted by atomic mass is 9.98. The molecule has 0 spiro atoms. The average molecular weight is 309 g/mol. The van der Waals surface area contributed by atoms with E-state index in [9.17, 15) is 4.79 Å². The van der Waals surface area contributed by atoms with E-state index in [1.165, 1.54) is 0 Å². The molecule has 1 amide bonds. The van der Waals surface area contributed by atoms with E-state index >= 15 is 0 Å². The molecule has 2 aromatic carbocycles.